The van der Waals surface area contributed by atoms with Gasteiger partial charge in [0.2, 0.25) is 10.0 Å². The zero-order chi connectivity index (χ0) is 13.6. The summed E-state index contributed by atoms with van der Waals surface area (Å²) in [4.78, 5) is 2.27. The van der Waals surface area contributed by atoms with Crippen molar-refractivity contribution in [1.82, 2.24) is 9.21 Å². The Morgan fingerprint density at radius 3 is 2.33 bits per heavy atom. The van der Waals surface area contributed by atoms with Crippen molar-refractivity contribution in [3.05, 3.63) is 0 Å². The molecule has 0 spiro atoms. The molecule has 0 saturated carbocycles. The van der Waals surface area contributed by atoms with Crippen LogP contribution in [0.25, 0.3) is 0 Å². The van der Waals surface area contributed by atoms with Crippen LogP contribution in [0.5, 0.6) is 0 Å². The molecule has 0 amide bonds. The standard InChI is InChI=1S/C11H23BrN2O3S/c1-11(2)17-9-10-18(15,16)14-7-5-13(4-3-12)6-8-14/h11H,3-10H2,1-2H3. The lowest BCUT2D eigenvalue weighted by Crippen LogP contribution is -2.49. The van der Waals surface area contributed by atoms with E-state index >= 15 is 0 Å². The van der Waals surface area contributed by atoms with E-state index in [0.717, 1.165) is 25.0 Å². The van der Waals surface area contributed by atoms with Crippen molar-refractivity contribution in [3.8, 4) is 0 Å². The molecule has 1 rings (SSSR count). The van der Waals surface area contributed by atoms with Crippen LogP contribution >= 0.6 is 15.9 Å². The fourth-order valence-electron chi connectivity index (χ4n) is 1.87. The van der Waals surface area contributed by atoms with E-state index in [9.17, 15) is 8.42 Å². The zero-order valence-corrected chi connectivity index (χ0v) is 13.5. The molecule has 1 heterocycles. The maximum Gasteiger partial charge on any atom is 0.216 e. The summed E-state index contributed by atoms with van der Waals surface area (Å²) in [7, 11) is -3.15. The average Bonchev–Trinajstić information content (AvgIpc) is 2.29. The average molecular weight is 343 g/mol. The van der Waals surface area contributed by atoms with Gasteiger partial charge >= 0.3 is 0 Å². The fourth-order valence-corrected chi connectivity index (χ4v) is 3.66. The SMILES string of the molecule is CC(C)OCCS(=O)(=O)N1CCN(CCBr)CC1. The van der Waals surface area contributed by atoms with Crippen LogP contribution in [0.2, 0.25) is 0 Å². The lowest BCUT2D eigenvalue weighted by Gasteiger charge is -2.33. The van der Waals surface area contributed by atoms with Gasteiger partial charge in [0.05, 0.1) is 18.5 Å². The molecule has 0 aromatic rings. The molecule has 18 heavy (non-hydrogen) atoms. The molecular formula is C11H23BrN2O3S. The minimum Gasteiger partial charge on any atom is -0.378 e. The van der Waals surface area contributed by atoms with E-state index in [4.69, 9.17) is 4.74 Å². The molecule has 1 aliphatic rings. The van der Waals surface area contributed by atoms with Gasteiger partial charge in [0.1, 0.15) is 0 Å². The van der Waals surface area contributed by atoms with Gasteiger partial charge < -0.3 is 4.74 Å². The molecule has 1 fully saturated rings. The molecule has 0 bridgehead atoms. The summed E-state index contributed by atoms with van der Waals surface area (Å²) in [6, 6.07) is 0. The number of rotatable bonds is 7. The number of piperazine rings is 1. The Morgan fingerprint density at radius 1 is 1.22 bits per heavy atom. The highest BCUT2D eigenvalue weighted by Crippen LogP contribution is 2.08. The van der Waals surface area contributed by atoms with Crippen molar-refractivity contribution in [3.63, 3.8) is 0 Å². The largest absolute Gasteiger partial charge is 0.378 e. The van der Waals surface area contributed by atoms with E-state index in [1.165, 1.54) is 0 Å². The quantitative estimate of drug-likeness (QED) is 0.641. The first kappa shape index (κ1) is 16.4. The number of hydrogen-bond donors (Lipinski definition) is 0. The molecule has 1 saturated heterocycles. The minimum absolute atomic E-state index is 0.0796. The summed E-state index contributed by atoms with van der Waals surface area (Å²) in [5.41, 5.74) is 0. The normalized spacial score (nSPS) is 19.6. The second-order valence-corrected chi connectivity index (χ2v) is 7.55. The Labute approximate surface area is 119 Å². The van der Waals surface area contributed by atoms with Gasteiger partial charge in [0.25, 0.3) is 0 Å². The topological polar surface area (TPSA) is 49.9 Å². The van der Waals surface area contributed by atoms with Gasteiger partial charge in [-0.3, -0.25) is 4.90 Å². The van der Waals surface area contributed by atoms with Crippen molar-refractivity contribution < 1.29 is 13.2 Å². The molecule has 0 radical (unpaired) electrons. The fraction of sp³-hybridized carbons (Fsp3) is 1.00. The van der Waals surface area contributed by atoms with Gasteiger partial charge in [-0.1, -0.05) is 15.9 Å². The first-order valence-electron chi connectivity index (χ1n) is 6.33. The maximum absolute atomic E-state index is 12.0. The van der Waals surface area contributed by atoms with E-state index in [0.29, 0.717) is 13.1 Å². The zero-order valence-electron chi connectivity index (χ0n) is 11.1. The van der Waals surface area contributed by atoms with Crippen LogP contribution < -0.4 is 0 Å². The molecule has 5 nitrogen and oxygen atoms in total. The molecule has 1 aliphatic heterocycles. The van der Waals surface area contributed by atoms with Crippen molar-refractivity contribution >= 4 is 26.0 Å². The highest BCUT2D eigenvalue weighted by Gasteiger charge is 2.26. The second-order valence-electron chi connectivity index (χ2n) is 4.67. The van der Waals surface area contributed by atoms with Crippen molar-refractivity contribution in [2.45, 2.75) is 20.0 Å². The number of halogens is 1. The van der Waals surface area contributed by atoms with E-state index in [1.54, 1.807) is 4.31 Å². The Morgan fingerprint density at radius 2 is 1.83 bits per heavy atom. The highest BCUT2D eigenvalue weighted by molar-refractivity contribution is 9.09. The molecule has 0 atom stereocenters. The monoisotopic (exact) mass is 342 g/mol. The number of sulfonamides is 1. The summed E-state index contributed by atoms with van der Waals surface area (Å²) in [6.45, 7) is 7.89. The van der Waals surface area contributed by atoms with E-state index in [1.807, 2.05) is 13.8 Å². The molecule has 0 aromatic carbocycles. The van der Waals surface area contributed by atoms with Crippen LogP contribution in [0.15, 0.2) is 0 Å². The van der Waals surface area contributed by atoms with Crippen LogP contribution in [0, 0.1) is 0 Å². The summed E-state index contributed by atoms with van der Waals surface area (Å²) >= 11 is 3.40. The third kappa shape index (κ3) is 5.52. The van der Waals surface area contributed by atoms with E-state index in [2.05, 4.69) is 20.8 Å². The molecule has 0 unspecified atom stereocenters. The number of hydrogen-bond acceptors (Lipinski definition) is 4. The Kier molecular flexibility index (Phi) is 7.08. The van der Waals surface area contributed by atoms with Gasteiger partial charge in [-0.25, -0.2) is 8.42 Å². The molecular weight excluding hydrogens is 320 g/mol. The van der Waals surface area contributed by atoms with Gasteiger partial charge in [-0.15, -0.1) is 0 Å². The Balaban J connectivity index is 2.36. The third-order valence-corrected chi connectivity index (χ3v) is 5.11. The summed E-state index contributed by atoms with van der Waals surface area (Å²) in [5.74, 6) is 0.0869. The smallest absolute Gasteiger partial charge is 0.216 e. The molecule has 0 aliphatic carbocycles. The Bertz CT molecular complexity index is 327. The molecule has 0 aromatic heterocycles. The first-order chi connectivity index (χ1) is 8.45. The molecule has 7 heteroatoms. The van der Waals surface area contributed by atoms with Crippen LogP contribution in [0.1, 0.15) is 13.8 Å². The lowest BCUT2D eigenvalue weighted by atomic mass is 10.4. The van der Waals surface area contributed by atoms with Gasteiger partial charge in [-0.05, 0) is 13.8 Å². The van der Waals surface area contributed by atoms with Gasteiger partial charge in [0, 0.05) is 38.1 Å². The summed E-state index contributed by atoms with van der Waals surface area (Å²) in [6.07, 6.45) is 0.0796. The number of alkyl halides is 1. The number of ether oxygens (including phenoxy) is 1. The predicted molar refractivity (Wildman–Crippen MR) is 76.7 cm³/mol. The molecule has 108 valence electrons. The predicted octanol–water partition coefficient (Wildman–Crippen LogP) is 0.754. The second kappa shape index (κ2) is 7.79. The first-order valence-corrected chi connectivity index (χ1v) is 9.06. The van der Waals surface area contributed by atoms with Crippen LogP contribution in [0.3, 0.4) is 0 Å². The minimum atomic E-state index is -3.15. The van der Waals surface area contributed by atoms with Gasteiger partial charge in [-0.2, -0.15) is 4.31 Å². The van der Waals surface area contributed by atoms with Crippen LogP contribution in [-0.4, -0.2) is 74.1 Å². The van der Waals surface area contributed by atoms with E-state index < -0.39 is 10.0 Å². The van der Waals surface area contributed by atoms with Crippen LogP contribution in [0.4, 0.5) is 0 Å². The van der Waals surface area contributed by atoms with Crippen molar-refractivity contribution in [1.29, 1.82) is 0 Å². The van der Waals surface area contributed by atoms with Crippen molar-refractivity contribution in [2.75, 3.05) is 50.4 Å². The summed E-state index contributed by atoms with van der Waals surface area (Å²) in [5, 5.41) is 0.933. The van der Waals surface area contributed by atoms with E-state index in [-0.39, 0.29) is 18.5 Å². The maximum atomic E-state index is 12.0. The number of nitrogens with zero attached hydrogens (tertiary/aromatic N) is 2. The highest BCUT2D eigenvalue weighted by atomic mass is 79.9. The lowest BCUT2D eigenvalue weighted by molar-refractivity contribution is 0.0903. The Hall–Kier alpha value is 0.310. The van der Waals surface area contributed by atoms with Crippen LogP contribution in [-0.2, 0) is 14.8 Å². The van der Waals surface area contributed by atoms with Crippen molar-refractivity contribution in [2.24, 2.45) is 0 Å². The molecule has 0 N–H and O–H groups in total. The summed E-state index contributed by atoms with van der Waals surface area (Å²) < 4.78 is 31.0. The third-order valence-electron chi connectivity index (χ3n) is 2.92. The van der Waals surface area contributed by atoms with Gasteiger partial charge in [0.15, 0.2) is 0 Å².